The number of anilines is 1. The van der Waals surface area contributed by atoms with Gasteiger partial charge in [0.05, 0.1) is 4.90 Å². The molecule has 1 unspecified atom stereocenters. The van der Waals surface area contributed by atoms with Gasteiger partial charge in [0.2, 0.25) is 0 Å². The van der Waals surface area contributed by atoms with Crippen LogP contribution in [0.5, 0.6) is 0 Å². The van der Waals surface area contributed by atoms with E-state index in [0.29, 0.717) is 11.9 Å². The van der Waals surface area contributed by atoms with Gasteiger partial charge in [-0.05, 0) is 36.9 Å². The molecule has 1 aliphatic rings. The lowest BCUT2D eigenvalue weighted by Crippen LogP contribution is -2.50. The first-order valence-electron chi connectivity index (χ1n) is 6.92. The summed E-state index contributed by atoms with van der Waals surface area (Å²) in [6.45, 7) is 6.38. The van der Waals surface area contributed by atoms with Crippen LogP contribution in [0, 0.1) is 5.41 Å². The Labute approximate surface area is 121 Å². The summed E-state index contributed by atoms with van der Waals surface area (Å²) in [6.07, 6.45) is 5.01. The number of hydrogen-bond donors (Lipinski definition) is 2. The number of nitrogens with zero attached hydrogens (tertiary/aromatic N) is 1. The summed E-state index contributed by atoms with van der Waals surface area (Å²) in [5.41, 5.74) is 0.262. The minimum absolute atomic E-state index is 0.249. The van der Waals surface area contributed by atoms with Gasteiger partial charge >= 0.3 is 0 Å². The molecule has 6 heteroatoms. The average Bonchev–Trinajstić information content (AvgIpc) is 2.36. The zero-order chi connectivity index (χ0) is 14.8. The predicted molar refractivity (Wildman–Crippen MR) is 80.6 cm³/mol. The first-order chi connectivity index (χ1) is 9.29. The molecule has 2 N–H and O–H groups in total. The first kappa shape index (κ1) is 15.3. The molecule has 2 rings (SSSR count). The van der Waals surface area contributed by atoms with Crippen molar-refractivity contribution in [2.75, 3.05) is 24.7 Å². The number of piperidine rings is 1. The predicted octanol–water partition coefficient (Wildman–Crippen LogP) is 1.68. The topological polar surface area (TPSA) is 71.1 Å². The fourth-order valence-corrected chi connectivity index (χ4v) is 3.09. The van der Waals surface area contributed by atoms with Gasteiger partial charge in [-0.3, -0.25) is 0 Å². The van der Waals surface area contributed by atoms with Crippen molar-refractivity contribution in [2.45, 2.75) is 37.6 Å². The summed E-state index contributed by atoms with van der Waals surface area (Å²) < 4.78 is 22.7. The minimum atomic E-state index is -3.18. The maximum Gasteiger partial charge on any atom is 0.177 e. The molecule has 1 aromatic heterocycles. The van der Waals surface area contributed by atoms with Crippen molar-refractivity contribution in [1.82, 2.24) is 10.3 Å². The van der Waals surface area contributed by atoms with E-state index in [1.807, 2.05) is 0 Å². The van der Waals surface area contributed by atoms with Crippen molar-refractivity contribution in [1.29, 1.82) is 0 Å². The number of hydrogen-bond acceptors (Lipinski definition) is 5. The van der Waals surface area contributed by atoms with Crippen LogP contribution in [-0.4, -0.2) is 38.8 Å². The van der Waals surface area contributed by atoms with Crippen LogP contribution in [0.1, 0.15) is 26.7 Å². The molecule has 1 fully saturated rings. The van der Waals surface area contributed by atoms with Crippen LogP contribution >= 0.6 is 0 Å². The van der Waals surface area contributed by atoms with Crippen molar-refractivity contribution in [3.8, 4) is 0 Å². The fraction of sp³-hybridized carbons (Fsp3) is 0.643. The zero-order valence-corrected chi connectivity index (χ0v) is 13.1. The van der Waals surface area contributed by atoms with Crippen molar-refractivity contribution >= 4 is 15.7 Å². The van der Waals surface area contributed by atoms with Gasteiger partial charge in [-0.1, -0.05) is 13.8 Å². The van der Waals surface area contributed by atoms with E-state index in [-0.39, 0.29) is 10.3 Å². The van der Waals surface area contributed by atoms with E-state index in [4.69, 9.17) is 0 Å². The molecule has 0 spiro atoms. The van der Waals surface area contributed by atoms with Crippen molar-refractivity contribution < 1.29 is 8.42 Å². The monoisotopic (exact) mass is 297 g/mol. The average molecular weight is 297 g/mol. The Bertz CT molecular complexity index is 552. The second-order valence-electron chi connectivity index (χ2n) is 6.13. The van der Waals surface area contributed by atoms with E-state index >= 15 is 0 Å². The number of pyridine rings is 1. The molecule has 1 saturated heterocycles. The number of rotatable bonds is 4. The van der Waals surface area contributed by atoms with E-state index in [9.17, 15) is 8.42 Å². The highest BCUT2D eigenvalue weighted by atomic mass is 32.2. The van der Waals surface area contributed by atoms with Crippen LogP contribution in [0.3, 0.4) is 0 Å². The van der Waals surface area contributed by atoms with E-state index in [0.717, 1.165) is 13.1 Å². The first-order valence-corrected chi connectivity index (χ1v) is 8.81. The highest BCUT2D eigenvalue weighted by Crippen LogP contribution is 2.30. The Morgan fingerprint density at radius 2 is 2.20 bits per heavy atom. The Kier molecular flexibility index (Phi) is 4.34. The second-order valence-corrected chi connectivity index (χ2v) is 8.15. The van der Waals surface area contributed by atoms with Gasteiger partial charge in [-0.25, -0.2) is 13.4 Å². The maximum absolute atomic E-state index is 11.4. The van der Waals surface area contributed by atoms with Crippen LogP contribution in [0.15, 0.2) is 23.2 Å². The van der Waals surface area contributed by atoms with Crippen LogP contribution in [0.4, 0.5) is 5.82 Å². The lowest BCUT2D eigenvalue weighted by Gasteiger charge is -2.39. The molecule has 0 aromatic carbocycles. The SMILES string of the molecule is CC1(C)CCCNC1CNc1ccc(S(C)(=O)=O)cn1. The van der Waals surface area contributed by atoms with Crippen molar-refractivity contribution in [3.63, 3.8) is 0 Å². The van der Waals surface area contributed by atoms with E-state index in [1.54, 1.807) is 12.1 Å². The number of nitrogens with one attached hydrogen (secondary N) is 2. The summed E-state index contributed by atoms with van der Waals surface area (Å²) in [7, 11) is -3.18. The van der Waals surface area contributed by atoms with Gasteiger partial charge in [0.1, 0.15) is 5.82 Å². The second kappa shape index (κ2) is 5.69. The fourth-order valence-electron chi connectivity index (χ4n) is 2.53. The normalized spacial score (nSPS) is 22.4. The lowest BCUT2D eigenvalue weighted by atomic mass is 9.77. The van der Waals surface area contributed by atoms with Crippen LogP contribution in [0.2, 0.25) is 0 Å². The van der Waals surface area contributed by atoms with E-state index in [1.165, 1.54) is 25.3 Å². The summed E-state index contributed by atoms with van der Waals surface area (Å²) in [5.74, 6) is 0.709. The van der Waals surface area contributed by atoms with Gasteiger partial charge in [0.15, 0.2) is 9.84 Å². The van der Waals surface area contributed by atoms with E-state index in [2.05, 4.69) is 29.5 Å². The molecular formula is C14H23N3O2S. The quantitative estimate of drug-likeness (QED) is 0.884. The summed E-state index contributed by atoms with van der Waals surface area (Å²) in [4.78, 5) is 4.41. The molecule has 20 heavy (non-hydrogen) atoms. The van der Waals surface area contributed by atoms with Gasteiger partial charge in [-0.15, -0.1) is 0 Å². The smallest absolute Gasteiger partial charge is 0.177 e. The highest BCUT2D eigenvalue weighted by molar-refractivity contribution is 7.90. The van der Waals surface area contributed by atoms with Gasteiger partial charge in [0.25, 0.3) is 0 Å². The molecule has 5 nitrogen and oxygen atoms in total. The molecule has 2 heterocycles. The molecule has 112 valence electrons. The Hall–Kier alpha value is -1.14. The molecule has 1 atom stereocenters. The third kappa shape index (κ3) is 3.70. The standard InChI is InChI=1S/C14H23N3O2S/c1-14(2)7-4-8-15-12(14)10-17-13-6-5-11(9-16-13)20(3,18)19/h5-6,9,12,15H,4,7-8,10H2,1-3H3,(H,16,17). The van der Waals surface area contributed by atoms with Gasteiger partial charge in [-0.2, -0.15) is 0 Å². The largest absolute Gasteiger partial charge is 0.368 e. The third-order valence-electron chi connectivity index (χ3n) is 3.98. The number of sulfone groups is 1. The lowest BCUT2D eigenvalue weighted by molar-refractivity contribution is 0.188. The molecule has 0 bridgehead atoms. The Balaban J connectivity index is 1.97. The Morgan fingerprint density at radius 1 is 1.45 bits per heavy atom. The highest BCUT2D eigenvalue weighted by Gasteiger charge is 2.31. The third-order valence-corrected chi connectivity index (χ3v) is 5.08. The number of aromatic nitrogens is 1. The molecule has 0 amide bonds. The molecule has 1 aromatic rings. The van der Waals surface area contributed by atoms with Crippen LogP contribution in [-0.2, 0) is 9.84 Å². The summed E-state index contributed by atoms with van der Waals surface area (Å²) >= 11 is 0. The molecule has 0 radical (unpaired) electrons. The summed E-state index contributed by atoms with van der Waals surface area (Å²) in [6, 6.07) is 3.70. The van der Waals surface area contributed by atoms with Gasteiger partial charge < -0.3 is 10.6 Å². The molecule has 0 saturated carbocycles. The van der Waals surface area contributed by atoms with E-state index < -0.39 is 9.84 Å². The molecular weight excluding hydrogens is 274 g/mol. The molecule has 0 aliphatic carbocycles. The minimum Gasteiger partial charge on any atom is -0.368 e. The van der Waals surface area contributed by atoms with Crippen LogP contribution < -0.4 is 10.6 Å². The van der Waals surface area contributed by atoms with Gasteiger partial charge in [0, 0.05) is 25.0 Å². The maximum atomic E-state index is 11.4. The molecule has 1 aliphatic heterocycles. The van der Waals surface area contributed by atoms with Crippen molar-refractivity contribution in [2.24, 2.45) is 5.41 Å². The zero-order valence-electron chi connectivity index (χ0n) is 12.3. The van der Waals surface area contributed by atoms with Crippen molar-refractivity contribution in [3.05, 3.63) is 18.3 Å². The summed E-state index contributed by atoms with van der Waals surface area (Å²) in [5, 5.41) is 6.81. The van der Waals surface area contributed by atoms with Crippen LogP contribution in [0.25, 0.3) is 0 Å². The Morgan fingerprint density at radius 3 is 2.75 bits per heavy atom.